The third kappa shape index (κ3) is 7.37. The molecular formula is C28H30N2O4. The molecule has 0 radical (unpaired) electrons. The Morgan fingerprint density at radius 1 is 0.824 bits per heavy atom. The topological polar surface area (TPSA) is 76.7 Å². The van der Waals surface area contributed by atoms with Crippen molar-refractivity contribution in [3.05, 3.63) is 84.4 Å². The fraction of sp³-hybridized carbons (Fsp3) is 0.286. The van der Waals surface area contributed by atoms with Gasteiger partial charge in [0.25, 0.3) is 5.91 Å². The molecule has 176 valence electrons. The third-order valence-corrected chi connectivity index (χ3v) is 5.53. The number of hydrogen-bond donors (Lipinski definition) is 2. The summed E-state index contributed by atoms with van der Waals surface area (Å²) in [6, 6.07) is 25.8. The molecule has 3 aromatic rings. The lowest BCUT2D eigenvalue weighted by Crippen LogP contribution is -2.30. The predicted molar refractivity (Wildman–Crippen MR) is 132 cm³/mol. The monoisotopic (exact) mass is 458 g/mol. The van der Waals surface area contributed by atoms with E-state index in [0.717, 1.165) is 35.3 Å². The Kier molecular flexibility index (Phi) is 8.17. The van der Waals surface area contributed by atoms with Crippen LogP contribution in [-0.4, -0.2) is 37.6 Å². The molecule has 34 heavy (non-hydrogen) atoms. The molecule has 0 heterocycles. The summed E-state index contributed by atoms with van der Waals surface area (Å²) in [6.07, 6.45) is 3.13. The molecule has 2 amide bonds. The van der Waals surface area contributed by atoms with E-state index in [1.165, 1.54) is 0 Å². The van der Waals surface area contributed by atoms with Crippen molar-refractivity contribution in [3.8, 4) is 22.6 Å². The number of benzene rings is 3. The summed E-state index contributed by atoms with van der Waals surface area (Å²) in [7, 11) is 0. The fourth-order valence-corrected chi connectivity index (χ4v) is 3.54. The first kappa shape index (κ1) is 23.4. The van der Waals surface area contributed by atoms with Crippen molar-refractivity contribution < 1.29 is 19.1 Å². The zero-order valence-corrected chi connectivity index (χ0v) is 19.2. The number of ether oxygens (including phenoxy) is 2. The minimum atomic E-state index is -0.0816. The van der Waals surface area contributed by atoms with Gasteiger partial charge in [0.05, 0.1) is 13.0 Å². The van der Waals surface area contributed by atoms with E-state index in [4.69, 9.17) is 9.47 Å². The van der Waals surface area contributed by atoms with Gasteiger partial charge in [-0.15, -0.1) is 0 Å². The molecule has 0 spiro atoms. The van der Waals surface area contributed by atoms with Crippen LogP contribution in [0.4, 0.5) is 0 Å². The molecule has 1 aliphatic carbocycles. The van der Waals surface area contributed by atoms with Crippen LogP contribution >= 0.6 is 0 Å². The molecule has 0 saturated heterocycles. The number of amides is 2. The van der Waals surface area contributed by atoms with Crippen LogP contribution in [0.25, 0.3) is 11.1 Å². The van der Waals surface area contributed by atoms with Crippen LogP contribution in [0.15, 0.2) is 78.9 Å². The molecule has 0 aromatic heterocycles. The Balaban J connectivity index is 1.14. The van der Waals surface area contributed by atoms with E-state index < -0.39 is 0 Å². The number of nitrogens with one attached hydrogen (secondary N) is 2. The van der Waals surface area contributed by atoms with E-state index in [1.807, 2.05) is 78.9 Å². The molecule has 4 rings (SSSR count). The van der Waals surface area contributed by atoms with Crippen LogP contribution in [0.2, 0.25) is 0 Å². The molecular weight excluding hydrogens is 428 g/mol. The van der Waals surface area contributed by atoms with Gasteiger partial charge in [-0.2, -0.15) is 0 Å². The Morgan fingerprint density at radius 2 is 1.56 bits per heavy atom. The van der Waals surface area contributed by atoms with Gasteiger partial charge in [-0.3, -0.25) is 9.59 Å². The normalized spacial score (nSPS) is 12.6. The summed E-state index contributed by atoms with van der Waals surface area (Å²) >= 11 is 0. The smallest absolute Gasteiger partial charge is 0.258 e. The maximum Gasteiger partial charge on any atom is 0.258 e. The van der Waals surface area contributed by atoms with Crippen molar-refractivity contribution in [3.63, 3.8) is 0 Å². The highest BCUT2D eigenvalue weighted by atomic mass is 16.5. The first-order chi connectivity index (χ1) is 16.7. The minimum absolute atomic E-state index is 0.0315. The maximum absolute atomic E-state index is 12.2. The second-order valence-corrected chi connectivity index (χ2v) is 8.34. The number of carbonyl (C=O) groups excluding carboxylic acids is 2. The van der Waals surface area contributed by atoms with Gasteiger partial charge in [-0.05, 0) is 48.6 Å². The molecule has 6 nitrogen and oxygen atoms in total. The molecule has 2 N–H and O–H groups in total. The van der Waals surface area contributed by atoms with Gasteiger partial charge < -0.3 is 20.1 Å². The van der Waals surface area contributed by atoms with Crippen molar-refractivity contribution in [2.45, 2.75) is 31.7 Å². The van der Waals surface area contributed by atoms with Crippen LogP contribution < -0.4 is 20.1 Å². The average Bonchev–Trinajstić information content (AvgIpc) is 3.68. The van der Waals surface area contributed by atoms with Crippen LogP contribution in [0.5, 0.6) is 11.5 Å². The lowest BCUT2D eigenvalue weighted by atomic mass is 10.1. The quantitative estimate of drug-likeness (QED) is 0.428. The van der Waals surface area contributed by atoms with Gasteiger partial charge in [0, 0.05) is 18.2 Å². The average molecular weight is 459 g/mol. The summed E-state index contributed by atoms with van der Waals surface area (Å²) in [5.74, 6) is 1.31. The van der Waals surface area contributed by atoms with Crippen LogP contribution in [0, 0.1) is 0 Å². The Hall–Kier alpha value is -3.80. The van der Waals surface area contributed by atoms with E-state index >= 15 is 0 Å². The van der Waals surface area contributed by atoms with Crippen LogP contribution in [-0.2, 0) is 16.0 Å². The molecule has 1 saturated carbocycles. The van der Waals surface area contributed by atoms with Crippen molar-refractivity contribution >= 4 is 11.8 Å². The molecule has 1 aliphatic rings. The SMILES string of the molecule is O=C(CCOc1ccccc1-c1ccccc1)NCCc1ccc(OCC(=O)NC2CC2)cc1. The summed E-state index contributed by atoms with van der Waals surface area (Å²) < 4.78 is 11.4. The lowest BCUT2D eigenvalue weighted by Gasteiger charge is -2.12. The molecule has 3 aromatic carbocycles. The first-order valence-electron chi connectivity index (χ1n) is 11.7. The molecule has 1 fully saturated rings. The van der Waals surface area contributed by atoms with Gasteiger partial charge in [-0.1, -0.05) is 60.7 Å². The standard InChI is InChI=1S/C28H30N2O4/c31-27(17-19-33-26-9-5-4-8-25(26)22-6-2-1-3-7-22)29-18-16-21-10-14-24(15-11-21)34-20-28(32)30-23-12-13-23/h1-11,14-15,23H,12-13,16-20H2,(H,29,31)(H,30,32). The van der Waals surface area contributed by atoms with Crippen LogP contribution in [0.3, 0.4) is 0 Å². The highest BCUT2D eigenvalue weighted by Gasteiger charge is 2.23. The second kappa shape index (κ2) is 11.9. The Morgan fingerprint density at radius 3 is 2.32 bits per heavy atom. The zero-order chi connectivity index (χ0) is 23.6. The van der Waals surface area contributed by atoms with Crippen molar-refractivity contribution in [1.29, 1.82) is 0 Å². The van der Waals surface area contributed by atoms with Gasteiger partial charge in [0.15, 0.2) is 6.61 Å². The summed E-state index contributed by atoms with van der Waals surface area (Å²) in [5, 5.41) is 5.83. The largest absolute Gasteiger partial charge is 0.492 e. The van der Waals surface area contributed by atoms with E-state index in [0.29, 0.717) is 37.8 Å². The van der Waals surface area contributed by atoms with Gasteiger partial charge in [0.2, 0.25) is 5.91 Å². The summed E-state index contributed by atoms with van der Waals surface area (Å²) in [6.45, 7) is 0.892. The van der Waals surface area contributed by atoms with Gasteiger partial charge >= 0.3 is 0 Å². The highest BCUT2D eigenvalue weighted by molar-refractivity contribution is 5.78. The fourth-order valence-electron chi connectivity index (χ4n) is 3.54. The number of rotatable bonds is 12. The van der Waals surface area contributed by atoms with Gasteiger partial charge in [0.1, 0.15) is 11.5 Å². The molecule has 0 atom stereocenters. The number of carbonyl (C=O) groups is 2. The maximum atomic E-state index is 12.2. The number of hydrogen-bond acceptors (Lipinski definition) is 4. The highest BCUT2D eigenvalue weighted by Crippen LogP contribution is 2.29. The Labute approximate surface area is 200 Å². The van der Waals surface area contributed by atoms with Crippen molar-refractivity contribution in [2.24, 2.45) is 0 Å². The summed E-state index contributed by atoms with van der Waals surface area (Å²) in [5.41, 5.74) is 3.18. The lowest BCUT2D eigenvalue weighted by molar-refractivity contribution is -0.123. The van der Waals surface area contributed by atoms with Crippen molar-refractivity contribution in [1.82, 2.24) is 10.6 Å². The third-order valence-electron chi connectivity index (χ3n) is 5.53. The van der Waals surface area contributed by atoms with Crippen molar-refractivity contribution in [2.75, 3.05) is 19.8 Å². The molecule has 6 heteroatoms. The zero-order valence-electron chi connectivity index (χ0n) is 19.2. The minimum Gasteiger partial charge on any atom is -0.492 e. The second-order valence-electron chi connectivity index (χ2n) is 8.34. The molecule has 0 aliphatic heterocycles. The van der Waals surface area contributed by atoms with Gasteiger partial charge in [-0.25, -0.2) is 0 Å². The summed E-state index contributed by atoms with van der Waals surface area (Å²) in [4.78, 5) is 23.9. The number of para-hydroxylation sites is 1. The van der Waals surface area contributed by atoms with E-state index in [2.05, 4.69) is 10.6 Å². The predicted octanol–water partition coefficient (Wildman–Crippen LogP) is 4.14. The van der Waals surface area contributed by atoms with E-state index in [9.17, 15) is 9.59 Å². The molecule has 0 bridgehead atoms. The van der Waals surface area contributed by atoms with E-state index in [-0.39, 0.29) is 18.4 Å². The van der Waals surface area contributed by atoms with Crippen LogP contribution in [0.1, 0.15) is 24.8 Å². The Bertz CT molecular complexity index is 1080. The van der Waals surface area contributed by atoms with E-state index in [1.54, 1.807) is 0 Å². The molecule has 0 unspecified atom stereocenters. The first-order valence-corrected chi connectivity index (χ1v) is 11.7.